The van der Waals surface area contributed by atoms with E-state index >= 15 is 0 Å². The Bertz CT molecular complexity index is 226. The maximum atomic E-state index is 11.2. The van der Waals surface area contributed by atoms with E-state index in [9.17, 15) is 4.79 Å². The molecule has 1 aliphatic carbocycles. The summed E-state index contributed by atoms with van der Waals surface area (Å²) in [5, 5.41) is 3.36. The predicted octanol–water partition coefficient (Wildman–Crippen LogP) is 1.20. The van der Waals surface area contributed by atoms with Gasteiger partial charge in [0.1, 0.15) is 0 Å². The van der Waals surface area contributed by atoms with Gasteiger partial charge in [0, 0.05) is 26.8 Å². The van der Waals surface area contributed by atoms with Crippen LogP contribution in [0.3, 0.4) is 0 Å². The second kappa shape index (κ2) is 6.21. The quantitative estimate of drug-likeness (QED) is 0.635. The minimum absolute atomic E-state index is 0.0665. The van der Waals surface area contributed by atoms with Crippen molar-refractivity contribution in [2.24, 2.45) is 11.3 Å². The minimum atomic E-state index is -0.144. The highest BCUT2D eigenvalue weighted by Gasteiger charge is 2.41. The molecule has 4 nitrogen and oxygen atoms in total. The molecule has 1 unspecified atom stereocenters. The van der Waals surface area contributed by atoms with Gasteiger partial charge in [0.05, 0.1) is 13.0 Å². The molecular weight excluding hydrogens is 206 g/mol. The van der Waals surface area contributed by atoms with E-state index in [0.717, 1.165) is 19.6 Å². The first-order valence-corrected chi connectivity index (χ1v) is 5.91. The van der Waals surface area contributed by atoms with Crippen molar-refractivity contribution in [2.75, 3.05) is 33.9 Å². The van der Waals surface area contributed by atoms with Crippen LogP contribution in [0.2, 0.25) is 0 Å². The predicted molar refractivity (Wildman–Crippen MR) is 62.2 cm³/mol. The van der Waals surface area contributed by atoms with Crippen LogP contribution >= 0.6 is 0 Å². The molecule has 16 heavy (non-hydrogen) atoms. The zero-order chi connectivity index (χ0) is 12.0. The van der Waals surface area contributed by atoms with Crippen LogP contribution in [0.25, 0.3) is 0 Å². The number of rotatable bonds is 8. The summed E-state index contributed by atoms with van der Waals surface area (Å²) in [5.41, 5.74) is 0.436. The van der Waals surface area contributed by atoms with Gasteiger partial charge in [0.2, 0.25) is 0 Å². The third-order valence-corrected chi connectivity index (χ3v) is 3.35. The van der Waals surface area contributed by atoms with Gasteiger partial charge in [-0.3, -0.25) is 4.79 Å². The number of hydrogen-bond acceptors (Lipinski definition) is 4. The summed E-state index contributed by atoms with van der Waals surface area (Å²) in [5.74, 6) is -0.211. The standard InChI is InChI=1S/C12H23NO3/c1-10(11(14)16-3)8-13-9-12(4-5-12)6-7-15-2/h10,13H,4-9H2,1-3H3. The van der Waals surface area contributed by atoms with Crippen LogP contribution in [-0.2, 0) is 14.3 Å². The van der Waals surface area contributed by atoms with E-state index < -0.39 is 0 Å². The average Bonchev–Trinajstić information content (AvgIpc) is 3.05. The molecule has 0 bridgehead atoms. The molecule has 0 amide bonds. The highest BCUT2D eigenvalue weighted by Crippen LogP contribution is 2.48. The molecule has 1 aliphatic rings. The third-order valence-electron chi connectivity index (χ3n) is 3.35. The van der Waals surface area contributed by atoms with Crippen molar-refractivity contribution in [3.8, 4) is 0 Å². The molecule has 0 radical (unpaired) electrons. The van der Waals surface area contributed by atoms with E-state index in [4.69, 9.17) is 4.74 Å². The van der Waals surface area contributed by atoms with Crippen LogP contribution in [0.1, 0.15) is 26.2 Å². The lowest BCUT2D eigenvalue weighted by Gasteiger charge is -2.17. The molecule has 4 heteroatoms. The number of carbonyl (C=O) groups is 1. The molecule has 1 N–H and O–H groups in total. The Morgan fingerprint density at radius 1 is 1.44 bits per heavy atom. The second-order valence-electron chi connectivity index (χ2n) is 4.80. The van der Waals surface area contributed by atoms with Crippen molar-refractivity contribution < 1.29 is 14.3 Å². The fraction of sp³-hybridized carbons (Fsp3) is 0.917. The lowest BCUT2D eigenvalue weighted by molar-refractivity contribution is -0.144. The van der Waals surface area contributed by atoms with Crippen molar-refractivity contribution in [2.45, 2.75) is 26.2 Å². The van der Waals surface area contributed by atoms with Gasteiger partial charge in [-0.2, -0.15) is 0 Å². The number of ether oxygens (including phenoxy) is 2. The van der Waals surface area contributed by atoms with Crippen molar-refractivity contribution in [1.82, 2.24) is 5.32 Å². The monoisotopic (exact) mass is 229 g/mol. The van der Waals surface area contributed by atoms with Gasteiger partial charge in [-0.1, -0.05) is 6.92 Å². The molecule has 0 saturated heterocycles. The third kappa shape index (κ3) is 4.10. The Hall–Kier alpha value is -0.610. The molecule has 0 aromatic rings. The maximum absolute atomic E-state index is 11.2. The second-order valence-corrected chi connectivity index (χ2v) is 4.80. The molecule has 1 fully saturated rings. The van der Waals surface area contributed by atoms with Crippen LogP contribution in [0.5, 0.6) is 0 Å². The SMILES string of the molecule is COCCC1(CNCC(C)C(=O)OC)CC1. The Balaban J connectivity index is 2.13. The number of nitrogens with one attached hydrogen (secondary N) is 1. The molecule has 0 aromatic heterocycles. The maximum Gasteiger partial charge on any atom is 0.309 e. The van der Waals surface area contributed by atoms with Crippen LogP contribution in [-0.4, -0.2) is 39.9 Å². The first-order chi connectivity index (χ1) is 7.63. The fourth-order valence-corrected chi connectivity index (χ4v) is 1.85. The average molecular weight is 229 g/mol. The van der Waals surface area contributed by atoms with Gasteiger partial charge >= 0.3 is 5.97 Å². The highest BCUT2D eigenvalue weighted by molar-refractivity contribution is 5.71. The summed E-state index contributed by atoms with van der Waals surface area (Å²) in [6.07, 6.45) is 3.66. The molecule has 1 rings (SSSR count). The Kier molecular flexibility index (Phi) is 5.22. The Labute approximate surface area is 97.7 Å². The summed E-state index contributed by atoms with van der Waals surface area (Å²) in [6, 6.07) is 0. The van der Waals surface area contributed by atoms with Gasteiger partial charge in [0.25, 0.3) is 0 Å². The number of carbonyl (C=O) groups excluding carboxylic acids is 1. The topological polar surface area (TPSA) is 47.6 Å². The minimum Gasteiger partial charge on any atom is -0.469 e. The molecule has 94 valence electrons. The van der Waals surface area contributed by atoms with Crippen LogP contribution < -0.4 is 5.32 Å². The van der Waals surface area contributed by atoms with Crippen LogP contribution in [0, 0.1) is 11.3 Å². The lowest BCUT2D eigenvalue weighted by Crippen LogP contribution is -2.32. The summed E-state index contributed by atoms with van der Waals surface area (Å²) in [4.78, 5) is 11.2. The van der Waals surface area contributed by atoms with E-state index in [1.807, 2.05) is 6.92 Å². The summed E-state index contributed by atoms with van der Waals surface area (Å²) in [7, 11) is 3.17. The van der Waals surface area contributed by atoms with E-state index in [0.29, 0.717) is 12.0 Å². The molecule has 1 atom stereocenters. The first kappa shape index (κ1) is 13.5. The molecule has 0 aromatic carbocycles. The summed E-state index contributed by atoms with van der Waals surface area (Å²) < 4.78 is 9.78. The number of hydrogen-bond donors (Lipinski definition) is 1. The zero-order valence-electron chi connectivity index (χ0n) is 10.5. The number of esters is 1. The van der Waals surface area contributed by atoms with Crippen molar-refractivity contribution in [1.29, 1.82) is 0 Å². The van der Waals surface area contributed by atoms with Gasteiger partial charge in [0.15, 0.2) is 0 Å². The summed E-state index contributed by atoms with van der Waals surface area (Å²) >= 11 is 0. The Morgan fingerprint density at radius 3 is 2.62 bits per heavy atom. The highest BCUT2D eigenvalue weighted by atomic mass is 16.5. The molecule has 0 heterocycles. The van der Waals surface area contributed by atoms with Crippen LogP contribution in [0.15, 0.2) is 0 Å². The molecule has 1 saturated carbocycles. The normalized spacial score (nSPS) is 19.2. The fourth-order valence-electron chi connectivity index (χ4n) is 1.85. The van der Waals surface area contributed by atoms with Gasteiger partial charge in [-0.15, -0.1) is 0 Å². The lowest BCUT2D eigenvalue weighted by atomic mass is 10.0. The molecule has 0 spiro atoms. The first-order valence-electron chi connectivity index (χ1n) is 5.91. The van der Waals surface area contributed by atoms with E-state index in [2.05, 4.69) is 10.1 Å². The molecular formula is C12H23NO3. The molecule has 0 aliphatic heterocycles. The summed E-state index contributed by atoms with van der Waals surface area (Å²) in [6.45, 7) is 4.39. The largest absolute Gasteiger partial charge is 0.469 e. The van der Waals surface area contributed by atoms with Crippen molar-refractivity contribution >= 4 is 5.97 Å². The van der Waals surface area contributed by atoms with Gasteiger partial charge < -0.3 is 14.8 Å². The van der Waals surface area contributed by atoms with Gasteiger partial charge in [-0.05, 0) is 24.7 Å². The van der Waals surface area contributed by atoms with Gasteiger partial charge in [-0.25, -0.2) is 0 Å². The van der Waals surface area contributed by atoms with E-state index in [1.165, 1.54) is 20.0 Å². The van der Waals surface area contributed by atoms with E-state index in [-0.39, 0.29) is 11.9 Å². The smallest absolute Gasteiger partial charge is 0.309 e. The Morgan fingerprint density at radius 2 is 2.12 bits per heavy atom. The van der Waals surface area contributed by atoms with Crippen LogP contribution in [0.4, 0.5) is 0 Å². The zero-order valence-corrected chi connectivity index (χ0v) is 10.5. The number of methoxy groups -OCH3 is 2. The van der Waals surface area contributed by atoms with Crippen molar-refractivity contribution in [3.63, 3.8) is 0 Å². The van der Waals surface area contributed by atoms with E-state index in [1.54, 1.807) is 7.11 Å². The van der Waals surface area contributed by atoms with Crippen molar-refractivity contribution in [3.05, 3.63) is 0 Å².